The van der Waals surface area contributed by atoms with E-state index in [9.17, 15) is 14.0 Å². The number of carbonyl (C=O) groups is 2. The molecule has 124 valence electrons. The third-order valence-electron chi connectivity index (χ3n) is 4.46. The summed E-state index contributed by atoms with van der Waals surface area (Å²) in [6, 6.07) is 10.0. The first-order valence-corrected chi connectivity index (χ1v) is 8.24. The molecule has 0 spiro atoms. The van der Waals surface area contributed by atoms with E-state index in [2.05, 4.69) is 5.32 Å². The molecule has 0 heterocycles. The van der Waals surface area contributed by atoms with Crippen LogP contribution in [0.5, 0.6) is 0 Å². The van der Waals surface area contributed by atoms with Gasteiger partial charge in [-0.2, -0.15) is 0 Å². The molecule has 0 aromatic heterocycles. The number of amides is 1. The highest BCUT2D eigenvalue weighted by molar-refractivity contribution is 6.00. The minimum Gasteiger partial charge on any atom is -0.326 e. The number of ketones is 1. The topological polar surface area (TPSA) is 46.2 Å². The number of nitrogens with one attached hydrogen (secondary N) is 1. The van der Waals surface area contributed by atoms with Crippen molar-refractivity contribution in [1.29, 1.82) is 0 Å². The van der Waals surface area contributed by atoms with E-state index in [-0.39, 0.29) is 30.3 Å². The highest BCUT2D eigenvalue weighted by atomic mass is 19.1. The van der Waals surface area contributed by atoms with Crippen molar-refractivity contribution in [2.45, 2.75) is 39.0 Å². The average Bonchev–Trinajstić information content (AvgIpc) is 3.03. The fourth-order valence-corrected chi connectivity index (χ4v) is 3.10. The summed E-state index contributed by atoms with van der Waals surface area (Å²) in [6.45, 7) is 1.73. The summed E-state index contributed by atoms with van der Waals surface area (Å²) >= 11 is 0. The van der Waals surface area contributed by atoms with Gasteiger partial charge in [0.25, 0.3) is 0 Å². The quantitative estimate of drug-likeness (QED) is 0.837. The molecule has 3 rings (SSSR count). The number of aryl methyl sites for hydroxylation is 3. The van der Waals surface area contributed by atoms with Gasteiger partial charge in [-0.3, -0.25) is 9.59 Å². The molecule has 2 aromatic rings. The van der Waals surface area contributed by atoms with Gasteiger partial charge < -0.3 is 5.32 Å². The number of fused-ring (bicyclic) bond motifs is 1. The minimum absolute atomic E-state index is 0.0179. The molecule has 0 radical (unpaired) electrons. The molecule has 24 heavy (non-hydrogen) atoms. The lowest BCUT2D eigenvalue weighted by atomic mass is 10.0. The van der Waals surface area contributed by atoms with Gasteiger partial charge in [0.05, 0.1) is 0 Å². The van der Waals surface area contributed by atoms with E-state index in [0.717, 1.165) is 19.3 Å². The summed E-state index contributed by atoms with van der Waals surface area (Å²) in [5, 5.41) is 2.73. The van der Waals surface area contributed by atoms with Gasteiger partial charge in [0.2, 0.25) is 5.91 Å². The molecule has 1 N–H and O–H groups in total. The molecular weight excluding hydrogens is 305 g/mol. The van der Waals surface area contributed by atoms with Crippen LogP contribution in [0, 0.1) is 12.7 Å². The Kier molecular flexibility index (Phi) is 4.74. The third kappa shape index (κ3) is 3.70. The summed E-state index contributed by atoms with van der Waals surface area (Å²) in [5.41, 5.74) is 4.50. The Morgan fingerprint density at radius 2 is 1.83 bits per heavy atom. The standard InChI is InChI=1S/C20H20FNO2/c1-13-11-17(21)7-8-18(13)22-20(24)10-9-19(23)16-6-5-14-3-2-4-15(14)12-16/h5-8,11-12H,2-4,9-10H2,1H3,(H,22,24). The van der Waals surface area contributed by atoms with Gasteiger partial charge in [-0.15, -0.1) is 0 Å². The average molecular weight is 325 g/mol. The molecule has 1 amide bonds. The van der Waals surface area contributed by atoms with Gasteiger partial charge in [-0.25, -0.2) is 4.39 Å². The SMILES string of the molecule is Cc1cc(F)ccc1NC(=O)CCC(=O)c1ccc2c(c1)CCC2. The lowest BCUT2D eigenvalue weighted by Gasteiger charge is -2.08. The van der Waals surface area contributed by atoms with Crippen LogP contribution in [0.2, 0.25) is 0 Å². The van der Waals surface area contributed by atoms with Gasteiger partial charge in [-0.05, 0) is 67.1 Å². The molecule has 0 unspecified atom stereocenters. The summed E-state index contributed by atoms with van der Waals surface area (Å²) in [6.07, 6.45) is 3.55. The Morgan fingerprint density at radius 3 is 2.62 bits per heavy atom. The number of rotatable bonds is 5. The zero-order valence-corrected chi connectivity index (χ0v) is 13.7. The summed E-state index contributed by atoms with van der Waals surface area (Å²) in [7, 11) is 0. The van der Waals surface area contributed by atoms with E-state index in [0.29, 0.717) is 16.8 Å². The molecule has 0 fully saturated rings. The molecule has 1 aliphatic carbocycles. The molecule has 0 bridgehead atoms. The number of benzene rings is 2. The Balaban J connectivity index is 1.57. The van der Waals surface area contributed by atoms with Crippen LogP contribution in [0.4, 0.5) is 10.1 Å². The maximum atomic E-state index is 13.1. The van der Waals surface area contributed by atoms with Crippen LogP contribution in [-0.4, -0.2) is 11.7 Å². The highest BCUT2D eigenvalue weighted by Gasteiger charge is 2.15. The van der Waals surface area contributed by atoms with E-state index in [1.807, 2.05) is 18.2 Å². The Labute approximate surface area is 140 Å². The molecule has 2 aromatic carbocycles. The first-order valence-electron chi connectivity index (χ1n) is 8.24. The van der Waals surface area contributed by atoms with Crippen LogP contribution >= 0.6 is 0 Å². The second-order valence-corrected chi connectivity index (χ2v) is 6.27. The summed E-state index contributed by atoms with van der Waals surface area (Å²) < 4.78 is 13.1. The van der Waals surface area contributed by atoms with Crippen molar-refractivity contribution >= 4 is 17.4 Å². The minimum atomic E-state index is -0.336. The van der Waals surface area contributed by atoms with Gasteiger partial charge in [0.1, 0.15) is 5.82 Å². The molecule has 4 heteroatoms. The van der Waals surface area contributed by atoms with E-state index >= 15 is 0 Å². The van der Waals surface area contributed by atoms with Gasteiger partial charge in [0, 0.05) is 24.1 Å². The van der Waals surface area contributed by atoms with Crippen LogP contribution in [0.1, 0.15) is 46.3 Å². The Bertz CT molecular complexity index is 798. The molecule has 3 nitrogen and oxygen atoms in total. The van der Waals surface area contributed by atoms with E-state index in [1.54, 1.807) is 6.92 Å². The van der Waals surface area contributed by atoms with E-state index < -0.39 is 0 Å². The first-order chi connectivity index (χ1) is 11.5. The number of anilines is 1. The number of hydrogen-bond acceptors (Lipinski definition) is 2. The maximum Gasteiger partial charge on any atom is 0.224 e. The van der Waals surface area contributed by atoms with Gasteiger partial charge in [-0.1, -0.05) is 12.1 Å². The second-order valence-electron chi connectivity index (χ2n) is 6.27. The van der Waals surface area contributed by atoms with Crippen LogP contribution in [0.25, 0.3) is 0 Å². The maximum absolute atomic E-state index is 13.1. The van der Waals surface area contributed by atoms with Crippen molar-refractivity contribution in [3.05, 3.63) is 64.5 Å². The molecule has 1 aliphatic rings. The Hall–Kier alpha value is -2.49. The van der Waals surface area contributed by atoms with Crippen molar-refractivity contribution in [2.24, 2.45) is 0 Å². The monoisotopic (exact) mass is 325 g/mol. The van der Waals surface area contributed by atoms with Crippen molar-refractivity contribution in [1.82, 2.24) is 0 Å². The molecule has 0 aliphatic heterocycles. The number of halogens is 1. The molecule has 0 atom stereocenters. The first kappa shape index (κ1) is 16.4. The fourth-order valence-electron chi connectivity index (χ4n) is 3.10. The second kappa shape index (κ2) is 6.95. The predicted molar refractivity (Wildman–Crippen MR) is 91.8 cm³/mol. The summed E-state index contributed by atoms with van der Waals surface area (Å²) in [5.74, 6) is -0.591. The number of hydrogen-bond donors (Lipinski definition) is 1. The van der Waals surface area contributed by atoms with Gasteiger partial charge >= 0.3 is 0 Å². The van der Waals surface area contributed by atoms with Crippen molar-refractivity contribution in [2.75, 3.05) is 5.32 Å². The van der Waals surface area contributed by atoms with Crippen molar-refractivity contribution in [3.63, 3.8) is 0 Å². The predicted octanol–water partition coefficient (Wildman–Crippen LogP) is 4.22. The Morgan fingerprint density at radius 1 is 1.04 bits per heavy atom. The van der Waals surface area contributed by atoms with Crippen LogP contribution in [0.15, 0.2) is 36.4 Å². The van der Waals surface area contributed by atoms with Crippen molar-refractivity contribution < 1.29 is 14.0 Å². The zero-order chi connectivity index (χ0) is 17.1. The van der Waals surface area contributed by atoms with Crippen LogP contribution < -0.4 is 5.32 Å². The van der Waals surface area contributed by atoms with E-state index in [4.69, 9.17) is 0 Å². The summed E-state index contributed by atoms with van der Waals surface area (Å²) in [4.78, 5) is 24.3. The molecule has 0 saturated heterocycles. The zero-order valence-electron chi connectivity index (χ0n) is 13.7. The largest absolute Gasteiger partial charge is 0.326 e. The molecule has 0 saturated carbocycles. The lowest BCUT2D eigenvalue weighted by Crippen LogP contribution is -2.14. The smallest absolute Gasteiger partial charge is 0.224 e. The number of Topliss-reactive ketones (excluding diaryl/α,β-unsaturated/α-hetero) is 1. The van der Waals surface area contributed by atoms with Crippen molar-refractivity contribution in [3.8, 4) is 0 Å². The number of carbonyl (C=O) groups excluding carboxylic acids is 2. The normalized spacial score (nSPS) is 12.8. The van der Waals surface area contributed by atoms with Gasteiger partial charge in [0.15, 0.2) is 5.78 Å². The van der Waals surface area contributed by atoms with E-state index in [1.165, 1.54) is 29.3 Å². The van der Waals surface area contributed by atoms with Crippen LogP contribution in [-0.2, 0) is 17.6 Å². The fraction of sp³-hybridized carbons (Fsp3) is 0.300. The van der Waals surface area contributed by atoms with Crippen LogP contribution in [0.3, 0.4) is 0 Å². The third-order valence-corrected chi connectivity index (χ3v) is 4.46. The molecular formula is C20H20FNO2. The highest BCUT2D eigenvalue weighted by Crippen LogP contribution is 2.23. The lowest BCUT2D eigenvalue weighted by molar-refractivity contribution is -0.116.